The number of para-hydroxylation sites is 1. The third-order valence-corrected chi connectivity index (χ3v) is 10.7. The molecule has 0 spiro atoms. The molecule has 254 valence electrons. The Labute approximate surface area is 333 Å². The molecule has 10 radical (unpaired) electrons. The van der Waals surface area contributed by atoms with Gasteiger partial charge in [0, 0.05) is 40.2 Å². The minimum atomic E-state index is 0.112. The first-order valence-corrected chi connectivity index (χ1v) is 18.4. The first kappa shape index (κ1) is 35.4. The van der Waals surface area contributed by atoms with Crippen LogP contribution >= 0.6 is 0 Å². The molecule has 5 nitrogen and oxygen atoms in total. The van der Waals surface area contributed by atoms with E-state index in [0.29, 0.717) is 17.3 Å². The Kier molecular flexibility index (Phi) is 9.13. The van der Waals surface area contributed by atoms with Gasteiger partial charge < -0.3 is 4.90 Å². The van der Waals surface area contributed by atoms with Crippen molar-refractivity contribution in [1.82, 2.24) is 19.5 Å². The lowest BCUT2D eigenvalue weighted by Gasteiger charge is -2.31. The van der Waals surface area contributed by atoms with Crippen LogP contribution in [0.25, 0.3) is 67.2 Å². The normalized spacial score (nSPS) is 13.9. The summed E-state index contributed by atoms with van der Waals surface area (Å²) in [6.45, 7) is 0. The molecular weight excluding hydrogens is 677 g/mol. The average Bonchev–Trinajstić information content (AvgIpc) is 3.58. The molecule has 1 atom stereocenters. The lowest BCUT2D eigenvalue weighted by atomic mass is 9.60. The maximum absolute atomic E-state index is 6.60. The van der Waals surface area contributed by atoms with Gasteiger partial charge in [-0.2, -0.15) is 9.97 Å². The summed E-state index contributed by atoms with van der Waals surface area (Å²) in [5.74, 6) is 1.03. The molecule has 0 fully saturated rings. The van der Waals surface area contributed by atoms with Gasteiger partial charge in [-0.15, -0.1) is 16.4 Å². The van der Waals surface area contributed by atoms with Crippen LogP contribution in [0.15, 0.2) is 146 Å². The lowest BCUT2D eigenvalue weighted by molar-refractivity contribution is 0.756. The van der Waals surface area contributed by atoms with Gasteiger partial charge >= 0.3 is 0 Å². The van der Waals surface area contributed by atoms with Crippen LogP contribution in [0.3, 0.4) is 0 Å². The summed E-state index contributed by atoms with van der Waals surface area (Å²) in [7, 11) is 34.2. The van der Waals surface area contributed by atoms with Crippen LogP contribution in [0.2, 0.25) is 0 Å². The fourth-order valence-corrected chi connectivity index (χ4v) is 7.66. The van der Waals surface area contributed by atoms with Crippen molar-refractivity contribution in [3.8, 4) is 39.9 Å². The van der Waals surface area contributed by atoms with Gasteiger partial charge in [0.05, 0.1) is 17.1 Å². The molecule has 56 heavy (non-hydrogen) atoms. The molecule has 1 aliphatic carbocycles. The summed E-state index contributed by atoms with van der Waals surface area (Å²) in [6, 6.07) is 43.6. The molecule has 0 saturated carbocycles. The highest BCUT2D eigenvalue weighted by atomic mass is 15.2. The van der Waals surface area contributed by atoms with E-state index in [0.717, 1.165) is 50.6 Å². The third kappa shape index (κ3) is 6.10. The van der Waals surface area contributed by atoms with Crippen molar-refractivity contribution in [3.05, 3.63) is 151 Å². The van der Waals surface area contributed by atoms with Gasteiger partial charge in [0.2, 0.25) is 5.95 Å². The number of rotatable bonds is 7. The number of aromatic nitrogens is 4. The zero-order chi connectivity index (χ0) is 38.5. The maximum Gasteiger partial charge on any atom is 0.238 e. The predicted molar refractivity (Wildman–Crippen MR) is 238 cm³/mol. The Morgan fingerprint density at radius 3 is 1.79 bits per heavy atom. The highest BCUT2D eigenvalue weighted by Crippen LogP contribution is 2.41. The van der Waals surface area contributed by atoms with Gasteiger partial charge in [-0.1, -0.05) is 138 Å². The van der Waals surface area contributed by atoms with E-state index in [-0.39, 0.29) is 39.2 Å². The topological polar surface area (TPSA) is 46.8 Å². The zero-order valence-corrected chi connectivity index (χ0v) is 30.8. The summed E-state index contributed by atoms with van der Waals surface area (Å²) in [5.41, 5.74) is 9.30. The maximum atomic E-state index is 6.60. The number of hydrogen-bond acceptors (Lipinski definition) is 4. The highest BCUT2D eigenvalue weighted by Gasteiger charge is 2.24. The number of nitrogens with zero attached hydrogens (tertiary/aromatic N) is 5. The van der Waals surface area contributed by atoms with Gasteiger partial charge in [0.1, 0.15) is 39.2 Å². The molecule has 2 heterocycles. The number of allylic oxidation sites excluding steroid dienone is 2. The SMILES string of the molecule is [B]c1c([B])c([B])c(-c2nc(-c3ccccc3)nc(-n3c4ccccc4c4cc(-c5ccccc5)c(N(C)C5C=CC(c6ccccc6)=CC5)cc43)n2)c([B])c1[B]. The predicted octanol–water partition coefficient (Wildman–Crippen LogP) is 4.79. The second-order valence-electron chi connectivity index (χ2n) is 14.0. The van der Waals surface area contributed by atoms with E-state index in [1.165, 1.54) is 11.1 Å². The molecule has 10 heteroatoms. The standard InChI is InChI=1S/C46H30B5N5/c1-55(31-23-21-28(22-24-31)27-13-5-2-6-14-27)36-26-37-34(25-33(36)29-15-7-3-8-16-29)32-19-11-12-20-35(32)56(37)46-53-44(30-17-9-4-10-18-30)52-45(54-46)38-39(47)41(49)43(51)42(50)40(38)48/h2-23,25-26,31H,24H2,1H3. The number of likely N-dealkylation sites (N-methyl/N-ethyl adjacent to an activating group) is 1. The third-order valence-electron chi connectivity index (χ3n) is 10.7. The summed E-state index contributed by atoms with van der Waals surface area (Å²) < 4.78 is 2.08. The van der Waals surface area contributed by atoms with Gasteiger partial charge in [-0.3, -0.25) is 4.57 Å². The largest absolute Gasteiger partial charge is 0.367 e. The van der Waals surface area contributed by atoms with Crippen LogP contribution in [0.1, 0.15) is 12.0 Å². The second kappa shape index (κ2) is 14.4. The molecule has 1 aliphatic rings. The van der Waals surface area contributed by atoms with Gasteiger partial charge in [0.25, 0.3) is 0 Å². The summed E-state index contributed by atoms with van der Waals surface area (Å²) in [4.78, 5) is 17.5. The van der Waals surface area contributed by atoms with Crippen molar-refractivity contribution in [2.45, 2.75) is 12.5 Å². The van der Waals surface area contributed by atoms with Crippen LogP contribution < -0.4 is 32.2 Å². The molecule has 0 amide bonds. The number of anilines is 1. The van der Waals surface area contributed by atoms with Crippen LogP contribution in [0.4, 0.5) is 5.69 Å². The van der Waals surface area contributed by atoms with E-state index < -0.39 is 0 Å². The Hall–Kier alpha value is -6.27. The molecule has 2 aromatic heterocycles. The quantitative estimate of drug-likeness (QED) is 0.224. The van der Waals surface area contributed by atoms with Crippen molar-refractivity contribution in [1.29, 1.82) is 0 Å². The van der Waals surface area contributed by atoms with Gasteiger partial charge in [-0.05, 0) is 41.3 Å². The number of benzene rings is 6. The monoisotopic (exact) mass is 707 g/mol. The number of fused-ring (bicyclic) bond motifs is 3. The van der Waals surface area contributed by atoms with Crippen LogP contribution in [0, 0.1) is 0 Å². The molecule has 6 aromatic carbocycles. The van der Waals surface area contributed by atoms with E-state index >= 15 is 0 Å². The smallest absolute Gasteiger partial charge is 0.238 e. The number of hydrogen-bond donors (Lipinski definition) is 0. The van der Waals surface area contributed by atoms with Crippen molar-refractivity contribution in [2.24, 2.45) is 0 Å². The molecule has 9 rings (SSSR count). The van der Waals surface area contributed by atoms with E-state index in [1.807, 2.05) is 54.6 Å². The van der Waals surface area contributed by atoms with Crippen LogP contribution in [-0.4, -0.2) is 71.8 Å². The molecule has 8 aromatic rings. The van der Waals surface area contributed by atoms with E-state index in [4.69, 9.17) is 54.2 Å². The van der Waals surface area contributed by atoms with Crippen molar-refractivity contribution in [2.75, 3.05) is 11.9 Å². The fourth-order valence-electron chi connectivity index (χ4n) is 7.66. The fraction of sp³-hybridized carbons (Fsp3) is 0.0652. The van der Waals surface area contributed by atoms with Gasteiger partial charge in [-0.25, -0.2) is 4.98 Å². The zero-order valence-electron chi connectivity index (χ0n) is 30.8. The van der Waals surface area contributed by atoms with E-state index in [2.05, 4.69) is 108 Å². The van der Waals surface area contributed by atoms with Crippen molar-refractivity contribution in [3.63, 3.8) is 0 Å². The minimum Gasteiger partial charge on any atom is -0.367 e. The molecule has 1 unspecified atom stereocenters. The minimum absolute atomic E-state index is 0.112. The van der Waals surface area contributed by atoms with Crippen LogP contribution in [-0.2, 0) is 0 Å². The van der Waals surface area contributed by atoms with E-state index in [9.17, 15) is 0 Å². The lowest BCUT2D eigenvalue weighted by Crippen LogP contribution is -2.55. The molecule has 0 saturated heterocycles. The highest BCUT2D eigenvalue weighted by molar-refractivity contribution is 6.68. The van der Waals surface area contributed by atoms with Gasteiger partial charge in [0.15, 0.2) is 11.6 Å². The van der Waals surface area contributed by atoms with Crippen molar-refractivity contribution >= 4 is 99.6 Å². The van der Waals surface area contributed by atoms with Crippen molar-refractivity contribution < 1.29 is 0 Å². The second-order valence-corrected chi connectivity index (χ2v) is 14.0. The van der Waals surface area contributed by atoms with Crippen LogP contribution in [0.5, 0.6) is 0 Å². The molecule has 0 N–H and O–H groups in total. The Bertz CT molecular complexity index is 2830. The molecule has 0 bridgehead atoms. The summed E-state index contributed by atoms with van der Waals surface area (Å²) in [6.07, 6.45) is 7.68. The first-order chi connectivity index (χ1) is 27.3. The first-order valence-electron chi connectivity index (χ1n) is 18.4. The molecule has 0 aliphatic heterocycles. The Balaban J connectivity index is 1.29. The Morgan fingerprint density at radius 2 is 1.14 bits per heavy atom. The molecular formula is C46H30B5N5. The average molecular weight is 707 g/mol. The van der Waals surface area contributed by atoms with E-state index in [1.54, 1.807) is 0 Å². The Morgan fingerprint density at radius 1 is 0.571 bits per heavy atom. The summed E-state index contributed by atoms with van der Waals surface area (Å²) in [5, 5.41) is 2.09. The summed E-state index contributed by atoms with van der Waals surface area (Å²) >= 11 is 0.